The average molecular weight is 484 g/mol. The highest BCUT2D eigenvalue weighted by Crippen LogP contribution is 2.29. The summed E-state index contributed by atoms with van der Waals surface area (Å²) in [5.74, 6) is 1.12. The smallest absolute Gasteiger partial charge is 0.255 e. The van der Waals surface area contributed by atoms with Crippen molar-refractivity contribution in [2.75, 3.05) is 20.5 Å². The highest BCUT2D eigenvalue weighted by atomic mass is 35.5. The lowest BCUT2D eigenvalue weighted by Gasteiger charge is -2.16. The van der Waals surface area contributed by atoms with E-state index in [1.807, 2.05) is 48.6 Å². The number of methoxy groups -OCH3 is 1. The van der Waals surface area contributed by atoms with Gasteiger partial charge in [-0.25, -0.2) is 0 Å². The van der Waals surface area contributed by atoms with Crippen LogP contribution < -0.4 is 15.0 Å². The predicted molar refractivity (Wildman–Crippen MR) is 139 cm³/mol. The molecular formula is C26H30ClNO4Si. The first kappa shape index (κ1) is 24.8. The fraction of sp³-hybridized carbons (Fsp3) is 0.269. The number of rotatable bonds is 10. The van der Waals surface area contributed by atoms with Crippen LogP contribution in [0.4, 0.5) is 0 Å². The van der Waals surface area contributed by atoms with Crippen molar-refractivity contribution < 1.29 is 14.2 Å². The van der Waals surface area contributed by atoms with Crippen LogP contribution in [0.15, 0.2) is 65.6 Å². The molecule has 0 spiro atoms. The van der Waals surface area contributed by atoms with E-state index in [1.54, 1.807) is 36.1 Å². The first-order valence-corrected chi connectivity index (χ1v) is 14.9. The summed E-state index contributed by atoms with van der Waals surface area (Å²) >= 11 is 5.92. The van der Waals surface area contributed by atoms with Crippen LogP contribution in [0.2, 0.25) is 30.7 Å². The van der Waals surface area contributed by atoms with Crippen LogP contribution in [0.3, 0.4) is 0 Å². The summed E-state index contributed by atoms with van der Waals surface area (Å²) < 4.78 is 18.4. The molecule has 1 aromatic heterocycles. The summed E-state index contributed by atoms with van der Waals surface area (Å²) in [6.07, 6.45) is 5.59. The summed E-state index contributed by atoms with van der Waals surface area (Å²) in [4.78, 5) is 12.7. The SMILES string of the molecule is COc1cc(-n2ccc(C=Cc3ccc(Cl)cc3)cc2=O)ccc1OCOCC[Si](C)(C)C. The van der Waals surface area contributed by atoms with Gasteiger partial charge in [-0.2, -0.15) is 0 Å². The normalized spacial score (nSPS) is 11.7. The van der Waals surface area contributed by atoms with E-state index < -0.39 is 8.07 Å². The van der Waals surface area contributed by atoms with Crippen molar-refractivity contribution in [1.29, 1.82) is 0 Å². The second-order valence-electron chi connectivity index (χ2n) is 8.87. The van der Waals surface area contributed by atoms with Crippen LogP contribution in [0, 0.1) is 0 Å². The molecule has 0 aliphatic rings. The van der Waals surface area contributed by atoms with Crippen LogP contribution in [0.1, 0.15) is 11.1 Å². The number of nitrogens with zero attached hydrogens (tertiary/aromatic N) is 1. The van der Waals surface area contributed by atoms with Crippen LogP contribution in [0.25, 0.3) is 17.8 Å². The zero-order valence-corrected chi connectivity index (χ0v) is 21.3. The van der Waals surface area contributed by atoms with Gasteiger partial charge in [0.15, 0.2) is 18.3 Å². The Morgan fingerprint density at radius 2 is 1.67 bits per heavy atom. The van der Waals surface area contributed by atoms with Crippen molar-refractivity contribution in [2.45, 2.75) is 25.7 Å². The number of aromatic nitrogens is 1. The first-order valence-electron chi connectivity index (χ1n) is 10.8. The summed E-state index contributed by atoms with van der Waals surface area (Å²) in [6.45, 7) is 7.77. The maximum Gasteiger partial charge on any atom is 0.255 e. The van der Waals surface area contributed by atoms with Gasteiger partial charge < -0.3 is 14.2 Å². The highest BCUT2D eigenvalue weighted by molar-refractivity contribution is 6.76. The molecule has 1 heterocycles. The quantitative estimate of drug-likeness (QED) is 0.191. The maximum atomic E-state index is 12.7. The predicted octanol–water partition coefficient (Wildman–Crippen LogP) is 6.36. The molecule has 174 valence electrons. The van der Waals surface area contributed by atoms with Crippen molar-refractivity contribution in [3.05, 3.63) is 87.3 Å². The van der Waals surface area contributed by atoms with E-state index >= 15 is 0 Å². The molecule has 7 heteroatoms. The van der Waals surface area contributed by atoms with Crippen molar-refractivity contribution in [2.24, 2.45) is 0 Å². The van der Waals surface area contributed by atoms with E-state index in [0.29, 0.717) is 28.8 Å². The molecule has 3 rings (SSSR count). The Kier molecular flexibility index (Phi) is 8.55. The summed E-state index contributed by atoms with van der Waals surface area (Å²) in [5, 5.41) is 0.691. The van der Waals surface area contributed by atoms with Crippen molar-refractivity contribution in [3.8, 4) is 17.2 Å². The molecule has 0 saturated carbocycles. The fourth-order valence-corrected chi connectivity index (χ4v) is 3.93. The molecule has 0 aliphatic carbocycles. The Bertz CT molecular complexity index is 1150. The van der Waals surface area contributed by atoms with Gasteiger partial charge in [-0.1, -0.05) is 55.5 Å². The minimum atomic E-state index is -1.13. The third kappa shape index (κ3) is 7.63. The number of pyridine rings is 1. The Morgan fingerprint density at radius 1 is 0.939 bits per heavy atom. The largest absolute Gasteiger partial charge is 0.493 e. The first-order chi connectivity index (χ1) is 15.7. The van der Waals surface area contributed by atoms with Gasteiger partial charge in [0, 0.05) is 38.0 Å². The molecule has 0 unspecified atom stereocenters. The Morgan fingerprint density at radius 3 is 2.33 bits per heavy atom. The molecule has 0 radical (unpaired) electrons. The average Bonchev–Trinajstić information content (AvgIpc) is 2.78. The van der Waals surface area contributed by atoms with Crippen LogP contribution >= 0.6 is 11.6 Å². The number of hydrogen-bond donors (Lipinski definition) is 0. The zero-order valence-electron chi connectivity index (χ0n) is 19.5. The molecule has 0 atom stereocenters. The lowest BCUT2D eigenvalue weighted by Crippen LogP contribution is -2.22. The standard InChI is InChI=1S/C26H30ClNO4Si/c1-30-25-18-23(11-12-24(25)32-19-31-15-16-33(2,3)4)28-14-13-21(17-26(28)29)6-5-20-7-9-22(27)10-8-20/h5-14,17-18H,15-16,19H2,1-4H3. The van der Waals surface area contributed by atoms with Gasteiger partial charge in [0.1, 0.15) is 0 Å². The van der Waals surface area contributed by atoms with Crippen molar-refractivity contribution in [3.63, 3.8) is 0 Å². The van der Waals surface area contributed by atoms with Crippen molar-refractivity contribution in [1.82, 2.24) is 4.57 Å². The molecule has 0 N–H and O–H groups in total. The second-order valence-corrected chi connectivity index (χ2v) is 14.9. The summed E-state index contributed by atoms with van der Waals surface area (Å²) in [5.41, 5.74) is 2.37. The van der Waals surface area contributed by atoms with Gasteiger partial charge in [0.05, 0.1) is 12.8 Å². The van der Waals surface area contributed by atoms with Gasteiger partial charge in [0.2, 0.25) is 0 Å². The lowest BCUT2D eigenvalue weighted by atomic mass is 10.1. The molecule has 0 fully saturated rings. The minimum Gasteiger partial charge on any atom is -0.493 e. The Hall–Kier alpha value is -2.80. The number of halogens is 1. The third-order valence-corrected chi connectivity index (χ3v) is 6.96. The molecule has 0 saturated heterocycles. The van der Waals surface area contributed by atoms with E-state index in [-0.39, 0.29) is 12.4 Å². The third-order valence-electron chi connectivity index (χ3n) is 5.00. The van der Waals surface area contributed by atoms with E-state index in [9.17, 15) is 4.79 Å². The van der Waals surface area contributed by atoms with Crippen LogP contribution in [0.5, 0.6) is 11.5 Å². The second kappa shape index (κ2) is 11.4. The topological polar surface area (TPSA) is 49.7 Å². The Balaban J connectivity index is 1.68. The molecule has 2 aromatic carbocycles. The van der Waals surface area contributed by atoms with Gasteiger partial charge in [0.25, 0.3) is 5.56 Å². The molecule has 5 nitrogen and oxygen atoms in total. The van der Waals surface area contributed by atoms with Crippen LogP contribution in [-0.4, -0.2) is 33.2 Å². The maximum absolute atomic E-state index is 12.7. The van der Waals surface area contributed by atoms with E-state index in [4.69, 9.17) is 25.8 Å². The summed E-state index contributed by atoms with van der Waals surface area (Å²) in [7, 11) is 0.445. The van der Waals surface area contributed by atoms with E-state index in [1.165, 1.54) is 0 Å². The lowest BCUT2D eigenvalue weighted by molar-refractivity contribution is 0.0205. The van der Waals surface area contributed by atoms with Crippen LogP contribution in [-0.2, 0) is 4.74 Å². The molecular weight excluding hydrogens is 454 g/mol. The van der Waals surface area contributed by atoms with Gasteiger partial charge in [-0.05, 0) is 47.5 Å². The fourth-order valence-electron chi connectivity index (χ4n) is 3.05. The van der Waals surface area contributed by atoms with Gasteiger partial charge in [-0.15, -0.1) is 0 Å². The molecule has 0 amide bonds. The number of benzene rings is 2. The van der Waals surface area contributed by atoms with Crippen molar-refractivity contribution >= 4 is 31.8 Å². The monoisotopic (exact) mass is 483 g/mol. The number of ether oxygens (including phenoxy) is 3. The Labute approximate surface area is 201 Å². The molecule has 0 aliphatic heterocycles. The minimum absolute atomic E-state index is 0.140. The van der Waals surface area contributed by atoms with E-state index in [0.717, 1.165) is 17.2 Å². The molecule has 3 aromatic rings. The number of hydrogen-bond acceptors (Lipinski definition) is 4. The van der Waals surface area contributed by atoms with Gasteiger partial charge in [-0.3, -0.25) is 9.36 Å². The zero-order chi connectivity index (χ0) is 23.8. The summed E-state index contributed by atoms with van der Waals surface area (Å²) in [6, 6.07) is 17.5. The molecule has 33 heavy (non-hydrogen) atoms. The molecule has 0 bridgehead atoms. The van der Waals surface area contributed by atoms with E-state index in [2.05, 4.69) is 19.6 Å². The highest BCUT2D eigenvalue weighted by Gasteiger charge is 2.12. The van der Waals surface area contributed by atoms with Gasteiger partial charge >= 0.3 is 0 Å².